The topological polar surface area (TPSA) is 64.3 Å². The van der Waals surface area contributed by atoms with Gasteiger partial charge in [0.15, 0.2) is 0 Å². The molecule has 1 unspecified atom stereocenters. The van der Waals surface area contributed by atoms with Gasteiger partial charge in [0.1, 0.15) is 0 Å². The zero-order valence-electron chi connectivity index (χ0n) is 11.3. The SMILES string of the molecule is COCC(C)CNC(=O)c1cccc(C(F)(F)F)c1N. The van der Waals surface area contributed by atoms with E-state index in [0.717, 1.165) is 12.1 Å². The average Bonchev–Trinajstić information content (AvgIpc) is 2.35. The van der Waals surface area contributed by atoms with Crippen LogP contribution in [0.1, 0.15) is 22.8 Å². The summed E-state index contributed by atoms with van der Waals surface area (Å²) < 4.78 is 42.9. The van der Waals surface area contributed by atoms with Crippen LogP contribution < -0.4 is 11.1 Å². The van der Waals surface area contributed by atoms with Crippen molar-refractivity contribution in [3.8, 4) is 0 Å². The molecule has 0 aromatic heterocycles. The van der Waals surface area contributed by atoms with Gasteiger partial charge in [-0.2, -0.15) is 13.2 Å². The fourth-order valence-electron chi connectivity index (χ4n) is 1.72. The number of benzene rings is 1. The second-order valence-corrected chi connectivity index (χ2v) is 4.54. The molecule has 4 nitrogen and oxygen atoms in total. The van der Waals surface area contributed by atoms with Crippen LogP contribution >= 0.6 is 0 Å². The lowest BCUT2D eigenvalue weighted by molar-refractivity contribution is -0.136. The van der Waals surface area contributed by atoms with Gasteiger partial charge in [0, 0.05) is 13.7 Å². The van der Waals surface area contributed by atoms with Gasteiger partial charge in [0.05, 0.1) is 23.4 Å². The molecule has 1 rings (SSSR count). The second kappa shape index (κ2) is 6.60. The van der Waals surface area contributed by atoms with Gasteiger partial charge >= 0.3 is 6.18 Å². The molecule has 1 amide bonds. The first-order valence-corrected chi connectivity index (χ1v) is 6.00. The van der Waals surface area contributed by atoms with E-state index in [9.17, 15) is 18.0 Å². The number of rotatable bonds is 5. The van der Waals surface area contributed by atoms with Gasteiger partial charge in [-0.05, 0) is 18.1 Å². The second-order valence-electron chi connectivity index (χ2n) is 4.54. The molecular weight excluding hydrogens is 273 g/mol. The largest absolute Gasteiger partial charge is 0.418 e. The number of methoxy groups -OCH3 is 1. The Morgan fingerprint density at radius 2 is 2.10 bits per heavy atom. The number of carbonyl (C=O) groups excluding carboxylic acids is 1. The van der Waals surface area contributed by atoms with Gasteiger partial charge in [-0.15, -0.1) is 0 Å². The lowest BCUT2D eigenvalue weighted by Crippen LogP contribution is -2.30. The molecule has 0 saturated carbocycles. The monoisotopic (exact) mass is 290 g/mol. The Labute approximate surface area is 115 Å². The average molecular weight is 290 g/mol. The summed E-state index contributed by atoms with van der Waals surface area (Å²) in [7, 11) is 1.53. The lowest BCUT2D eigenvalue weighted by Gasteiger charge is -2.15. The molecule has 0 saturated heterocycles. The quantitative estimate of drug-likeness (QED) is 0.818. The van der Waals surface area contributed by atoms with Crippen molar-refractivity contribution in [1.82, 2.24) is 5.32 Å². The van der Waals surface area contributed by atoms with Crippen LogP contribution in [0.2, 0.25) is 0 Å². The third kappa shape index (κ3) is 4.12. The summed E-state index contributed by atoms with van der Waals surface area (Å²) in [6, 6.07) is 3.27. The van der Waals surface area contributed by atoms with Gasteiger partial charge in [-0.3, -0.25) is 4.79 Å². The molecule has 0 aliphatic rings. The highest BCUT2D eigenvalue weighted by atomic mass is 19.4. The number of alkyl halides is 3. The summed E-state index contributed by atoms with van der Waals surface area (Å²) in [6.45, 7) is 2.58. The number of halogens is 3. The molecular formula is C13H17F3N2O2. The Bertz CT molecular complexity index is 475. The zero-order chi connectivity index (χ0) is 15.3. The van der Waals surface area contributed by atoms with Gasteiger partial charge in [-0.1, -0.05) is 13.0 Å². The van der Waals surface area contributed by atoms with E-state index in [-0.39, 0.29) is 11.5 Å². The number of anilines is 1. The maximum Gasteiger partial charge on any atom is 0.418 e. The van der Waals surface area contributed by atoms with Gasteiger partial charge in [0.2, 0.25) is 0 Å². The van der Waals surface area contributed by atoms with Crippen LogP contribution in [0.15, 0.2) is 18.2 Å². The van der Waals surface area contributed by atoms with E-state index in [1.165, 1.54) is 13.2 Å². The molecule has 0 spiro atoms. The molecule has 1 aromatic carbocycles. The summed E-state index contributed by atoms with van der Waals surface area (Å²) >= 11 is 0. The molecule has 3 N–H and O–H groups in total. The maximum atomic E-state index is 12.7. The molecule has 0 aliphatic carbocycles. The summed E-state index contributed by atoms with van der Waals surface area (Å²) in [4.78, 5) is 11.9. The molecule has 1 aromatic rings. The fraction of sp³-hybridized carbons (Fsp3) is 0.462. The van der Waals surface area contributed by atoms with Crippen LogP contribution in [-0.4, -0.2) is 26.2 Å². The minimum Gasteiger partial charge on any atom is -0.398 e. The lowest BCUT2D eigenvalue weighted by atomic mass is 10.1. The minimum absolute atomic E-state index is 0.0518. The number of para-hydroxylation sites is 1. The van der Waals surface area contributed by atoms with E-state index in [2.05, 4.69) is 5.32 Å². The number of ether oxygens (including phenoxy) is 1. The highest BCUT2D eigenvalue weighted by molar-refractivity contribution is 5.99. The highest BCUT2D eigenvalue weighted by Gasteiger charge is 2.34. The smallest absolute Gasteiger partial charge is 0.398 e. The maximum absolute atomic E-state index is 12.7. The molecule has 112 valence electrons. The zero-order valence-corrected chi connectivity index (χ0v) is 11.3. The summed E-state index contributed by atoms with van der Waals surface area (Å²) in [5.41, 5.74) is 3.69. The molecule has 20 heavy (non-hydrogen) atoms. The summed E-state index contributed by atoms with van der Waals surface area (Å²) in [6.07, 6.45) is -4.58. The van der Waals surface area contributed by atoms with Crippen LogP contribution in [0.4, 0.5) is 18.9 Å². The molecule has 0 radical (unpaired) electrons. The Balaban J connectivity index is 2.84. The third-order valence-electron chi connectivity index (χ3n) is 2.72. The van der Waals surface area contributed by atoms with Crippen molar-refractivity contribution in [3.63, 3.8) is 0 Å². The fourth-order valence-corrected chi connectivity index (χ4v) is 1.72. The van der Waals surface area contributed by atoms with Crippen LogP contribution in [0.25, 0.3) is 0 Å². The van der Waals surface area contributed by atoms with Crippen LogP contribution in [0.5, 0.6) is 0 Å². The predicted molar refractivity (Wildman–Crippen MR) is 69.2 cm³/mol. The van der Waals surface area contributed by atoms with Crippen molar-refractivity contribution in [3.05, 3.63) is 29.3 Å². The van der Waals surface area contributed by atoms with Crippen molar-refractivity contribution in [1.29, 1.82) is 0 Å². The first-order valence-electron chi connectivity index (χ1n) is 6.00. The van der Waals surface area contributed by atoms with E-state index >= 15 is 0 Å². The molecule has 0 bridgehead atoms. The van der Waals surface area contributed by atoms with E-state index in [0.29, 0.717) is 13.2 Å². The van der Waals surface area contributed by atoms with Gasteiger partial charge in [0.25, 0.3) is 5.91 Å². The number of hydrogen-bond acceptors (Lipinski definition) is 3. The van der Waals surface area contributed by atoms with Gasteiger partial charge in [-0.25, -0.2) is 0 Å². The van der Waals surface area contributed by atoms with Crippen molar-refractivity contribution in [2.24, 2.45) is 5.92 Å². The van der Waals surface area contributed by atoms with Gasteiger partial charge < -0.3 is 15.8 Å². The first kappa shape index (κ1) is 16.3. The molecule has 0 aliphatic heterocycles. The number of nitrogens with one attached hydrogen (secondary N) is 1. The van der Waals surface area contributed by atoms with E-state index in [1.54, 1.807) is 0 Å². The molecule has 7 heteroatoms. The Kier molecular flexibility index (Phi) is 5.38. The van der Waals surface area contributed by atoms with Crippen molar-refractivity contribution in [2.75, 3.05) is 26.0 Å². The van der Waals surface area contributed by atoms with Crippen LogP contribution in [-0.2, 0) is 10.9 Å². The highest BCUT2D eigenvalue weighted by Crippen LogP contribution is 2.34. The summed E-state index contributed by atoms with van der Waals surface area (Å²) in [5, 5.41) is 2.54. The number of hydrogen-bond donors (Lipinski definition) is 2. The molecule has 1 atom stereocenters. The van der Waals surface area contributed by atoms with Crippen molar-refractivity contribution < 1.29 is 22.7 Å². The number of nitrogen functional groups attached to an aromatic ring is 1. The van der Waals surface area contributed by atoms with Crippen molar-refractivity contribution in [2.45, 2.75) is 13.1 Å². The van der Waals surface area contributed by atoms with Crippen molar-refractivity contribution >= 4 is 11.6 Å². The Hall–Kier alpha value is -1.76. The number of amides is 1. The number of carbonyl (C=O) groups is 1. The minimum atomic E-state index is -4.58. The van der Waals surface area contributed by atoms with E-state index < -0.39 is 23.3 Å². The number of nitrogens with two attached hydrogens (primary N) is 1. The van der Waals surface area contributed by atoms with E-state index in [4.69, 9.17) is 10.5 Å². The summed E-state index contributed by atoms with van der Waals surface area (Å²) in [5.74, 6) is -0.576. The normalized spacial score (nSPS) is 13.1. The predicted octanol–water partition coefficient (Wildman–Crippen LogP) is 2.30. The Morgan fingerprint density at radius 3 is 2.65 bits per heavy atom. The van der Waals surface area contributed by atoms with E-state index in [1.807, 2.05) is 6.92 Å². The standard InChI is InChI=1S/C13H17F3N2O2/c1-8(7-20-2)6-18-12(19)9-4-3-5-10(11(9)17)13(14,15)16/h3-5,8H,6-7,17H2,1-2H3,(H,18,19). The molecule has 0 fully saturated rings. The Morgan fingerprint density at radius 1 is 1.45 bits per heavy atom. The van der Waals surface area contributed by atoms with Crippen LogP contribution in [0, 0.1) is 5.92 Å². The van der Waals surface area contributed by atoms with Crippen LogP contribution in [0.3, 0.4) is 0 Å². The molecule has 0 heterocycles. The first-order chi connectivity index (χ1) is 9.27. The third-order valence-corrected chi connectivity index (χ3v) is 2.72.